The molecule has 0 bridgehead atoms. The highest BCUT2D eigenvalue weighted by atomic mass is 16.7. The van der Waals surface area contributed by atoms with E-state index in [-0.39, 0.29) is 5.91 Å². The zero-order chi connectivity index (χ0) is 20.9. The van der Waals surface area contributed by atoms with Crippen LogP contribution in [0.4, 0.5) is 0 Å². The molecule has 4 rings (SSSR count). The summed E-state index contributed by atoms with van der Waals surface area (Å²) in [4.78, 5) is 20.1. The van der Waals surface area contributed by atoms with Gasteiger partial charge in [0.25, 0.3) is 5.91 Å². The Balaban J connectivity index is 1.36. The van der Waals surface area contributed by atoms with E-state index in [4.69, 9.17) is 4.84 Å². The number of carbonyl (C=O) groups is 1. The Morgan fingerprint density at radius 3 is 2.40 bits per heavy atom. The fraction of sp³-hybridized carbons (Fsp3) is 0.269. The molecule has 4 nitrogen and oxygen atoms in total. The topological polar surface area (TPSA) is 41.6 Å². The SMILES string of the molecule is Cc1cc(C)cc(C2CCCN2Cc2ccc(ONC(=O)c3ccccc3)cc2)c1. The highest BCUT2D eigenvalue weighted by Gasteiger charge is 2.26. The second kappa shape index (κ2) is 9.14. The number of carbonyl (C=O) groups excluding carboxylic acids is 1. The predicted molar refractivity (Wildman–Crippen MR) is 119 cm³/mol. The fourth-order valence-corrected chi connectivity index (χ4v) is 4.25. The summed E-state index contributed by atoms with van der Waals surface area (Å²) in [6, 6.07) is 24.3. The lowest BCUT2D eigenvalue weighted by Gasteiger charge is -2.25. The van der Waals surface area contributed by atoms with Crippen molar-refractivity contribution in [1.82, 2.24) is 10.4 Å². The van der Waals surface area contributed by atoms with E-state index in [9.17, 15) is 4.79 Å². The maximum atomic E-state index is 12.1. The molecule has 1 unspecified atom stereocenters. The molecular formula is C26H28N2O2. The zero-order valence-corrected chi connectivity index (χ0v) is 17.6. The van der Waals surface area contributed by atoms with E-state index >= 15 is 0 Å². The third kappa shape index (κ3) is 4.89. The number of nitrogens with zero attached hydrogens (tertiary/aromatic N) is 1. The second-order valence-corrected chi connectivity index (χ2v) is 8.09. The molecule has 154 valence electrons. The molecule has 1 amide bonds. The normalized spacial score (nSPS) is 16.4. The minimum absolute atomic E-state index is 0.256. The molecule has 1 heterocycles. The summed E-state index contributed by atoms with van der Waals surface area (Å²) < 4.78 is 0. The summed E-state index contributed by atoms with van der Waals surface area (Å²) in [5, 5.41) is 0. The van der Waals surface area contributed by atoms with Gasteiger partial charge in [-0.3, -0.25) is 9.69 Å². The summed E-state index contributed by atoms with van der Waals surface area (Å²) in [7, 11) is 0. The number of rotatable bonds is 6. The minimum atomic E-state index is -0.256. The highest BCUT2D eigenvalue weighted by molar-refractivity contribution is 5.93. The molecule has 1 aliphatic heterocycles. The van der Waals surface area contributed by atoms with Gasteiger partial charge < -0.3 is 4.84 Å². The van der Waals surface area contributed by atoms with Crippen molar-refractivity contribution in [2.24, 2.45) is 0 Å². The van der Waals surface area contributed by atoms with E-state index in [1.54, 1.807) is 12.1 Å². The quantitative estimate of drug-likeness (QED) is 0.566. The first-order valence-corrected chi connectivity index (χ1v) is 10.5. The van der Waals surface area contributed by atoms with Gasteiger partial charge in [-0.15, -0.1) is 0 Å². The third-order valence-electron chi connectivity index (χ3n) is 5.60. The van der Waals surface area contributed by atoms with Gasteiger partial charge in [0.05, 0.1) is 0 Å². The Morgan fingerprint density at radius 2 is 1.70 bits per heavy atom. The van der Waals surface area contributed by atoms with Crippen molar-refractivity contribution >= 4 is 5.91 Å². The van der Waals surface area contributed by atoms with Crippen LogP contribution in [-0.2, 0) is 6.54 Å². The lowest BCUT2D eigenvalue weighted by Crippen LogP contribution is -2.26. The van der Waals surface area contributed by atoms with Crippen molar-refractivity contribution in [3.8, 4) is 5.75 Å². The summed E-state index contributed by atoms with van der Waals surface area (Å²) in [6.45, 7) is 6.37. The van der Waals surface area contributed by atoms with Gasteiger partial charge in [-0.2, -0.15) is 5.48 Å². The van der Waals surface area contributed by atoms with Crippen LogP contribution in [0.1, 0.15) is 51.5 Å². The van der Waals surface area contributed by atoms with Crippen LogP contribution in [0.15, 0.2) is 72.8 Å². The average molecular weight is 401 g/mol. The molecule has 0 saturated carbocycles. The Labute approximate surface area is 178 Å². The smallest absolute Gasteiger partial charge is 0.283 e. The number of hydrogen-bond donors (Lipinski definition) is 1. The van der Waals surface area contributed by atoms with Crippen LogP contribution in [0.5, 0.6) is 5.75 Å². The van der Waals surface area contributed by atoms with Crippen LogP contribution in [0.25, 0.3) is 0 Å². The molecule has 1 fully saturated rings. The first kappa shape index (κ1) is 20.2. The molecule has 0 aliphatic carbocycles. The Morgan fingerprint density at radius 1 is 1.00 bits per heavy atom. The standard InChI is InChI=1S/C26H28N2O2/c1-19-15-20(2)17-23(16-19)25-9-6-14-28(25)18-21-10-12-24(13-11-21)30-27-26(29)22-7-4-3-5-8-22/h3-5,7-8,10-13,15-17,25H,6,9,14,18H2,1-2H3,(H,27,29). The molecule has 1 aliphatic rings. The number of nitrogens with one attached hydrogen (secondary N) is 1. The van der Waals surface area contributed by atoms with Gasteiger partial charge >= 0.3 is 0 Å². The van der Waals surface area contributed by atoms with E-state index < -0.39 is 0 Å². The van der Waals surface area contributed by atoms with Crippen LogP contribution in [0.2, 0.25) is 0 Å². The van der Waals surface area contributed by atoms with Crippen LogP contribution in [0, 0.1) is 13.8 Å². The lowest BCUT2D eigenvalue weighted by atomic mass is 9.99. The second-order valence-electron chi connectivity index (χ2n) is 8.09. The minimum Gasteiger partial charge on any atom is -0.379 e. The average Bonchev–Trinajstić information content (AvgIpc) is 3.21. The molecule has 0 aromatic heterocycles. The Bertz CT molecular complexity index is 979. The molecule has 0 radical (unpaired) electrons. The van der Waals surface area contributed by atoms with Gasteiger partial charge in [-0.25, -0.2) is 0 Å². The van der Waals surface area contributed by atoms with Gasteiger partial charge in [0.15, 0.2) is 5.75 Å². The maximum absolute atomic E-state index is 12.1. The lowest BCUT2D eigenvalue weighted by molar-refractivity contribution is 0.0760. The Hall–Kier alpha value is -3.11. The Kier molecular flexibility index (Phi) is 6.15. The number of benzene rings is 3. The molecule has 3 aromatic rings. The highest BCUT2D eigenvalue weighted by Crippen LogP contribution is 2.34. The summed E-state index contributed by atoms with van der Waals surface area (Å²) in [5.41, 5.74) is 8.39. The van der Waals surface area contributed by atoms with Crippen molar-refractivity contribution in [2.45, 2.75) is 39.3 Å². The van der Waals surface area contributed by atoms with Crippen molar-refractivity contribution in [3.05, 3.63) is 101 Å². The van der Waals surface area contributed by atoms with Gasteiger partial charge in [-0.1, -0.05) is 59.7 Å². The van der Waals surface area contributed by atoms with Gasteiger partial charge in [0.1, 0.15) is 0 Å². The number of likely N-dealkylation sites (tertiary alicyclic amines) is 1. The first-order chi connectivity index (χ1) is 14.6. The number of hydroxylamine groups is 1. The summed E-state index contributed by atoms with van der Waals surface area (Å²) in [5.74, 6) is 0.364. The van der Waals surface area contributed by atoms with Crippen molar-refractivity contribution in [3.63, 3.8) is 0 Å². The monoisotopic (exact) mass is 400 g/mol. The van der Waals surface area contributed by atoms with Crippen LogP contribution in [-0.4, -0.2) is 17.4 Å². The largest absolute Gasteiger partial charge is 0.379 e. The number of amides is 1. The fourth-order valence-electron chi connectivity index (χ4n) is 4.25. The third-order valence-corrected chi connectivity index (χ3v) is 5.60. The zero-order valence-electron chi connectivity index (χ0n) is 17.6. The molecule has 1 saturated heterocycles. The number of aryl methyl sites for hydroxylation is 2. The van der Waals surface area contributed by atoms with E-state index in [0.29, 0.717) is 17.4 Å². The predicted octanol–water partition coefficient (Wildman–Crippen LogP) is 5.36. The van der Waals surface area contributed by atoms with Crippen molar-refractivity contribution in [2.75, 3.05) is 6.54 Å². The van der Waals surface area contributed by atoms with Crippen LogP contribution in [0.3, 0.4) is 0 Å². The summed E-state index contributed by atoms with van der Waals surface area (Å²) in [6.07, 6.45) is 2.43. The van der Waals surface area contributed by atoms with Crippen molar-refractivity contribution in [1.29, 1.82) is 0 Å². The van der Waals surface area contributed by atoms with Gasteiger partial charge in [0.2, 0.25) is 0 Å². The van der Waals surface area contributed by atoms with E-state index in [1.807, 2.05) is 30.3 Å². The molecular weight excluding hydrogens is 372 g/mol. The molecule has 30 heavy (non-hydrogen) atoms. The molecule has 4 heteroatoms. The van der Waals surface area contributed by atoms with Crippen LogP contribution < -0.4 is 10.3 Å². The molecule has 1 N–H and O–H groups in total. The van der Waals surface area contributed by atoms with E-state index in [1.165, 1.54) is 35.1 Å². The molecule has 1 atom stereocenters. The first-order valence-electron chi connectivity index (χ1n) is 10.5. The van der Waals surface area contributed by atoms with E-state index in [0.717, 1.165) is 13.1 Å². The van der Waals surface area contributed by atoms with Gasteiger partial charge in [0, 0.05) is 18.2 Å². The maximum Gasteiger partial charge on any atom is 0.283 e. The van der Waals surface area contributed by atoms with Crippen LogP contribution >= 0.6 is 0 Å². The molecule has 3 aromatic carbocycles. The molecule has 0 spiro atoms. The number of hydrogen-bond acceptors (Lipinski definition) is 3. The van der Waals surface area contributed by atoms with Gasteiger partial charge in [-0.05, 0) is 68.6 Å². The van der Waals surface area contributed by atoms with Crippen molar-refractivity contribution < 1.29 is 9.63 Å². The summed E-state index contributed by atoms with van der Waals surface area (Å²) >= 11 is 0. The van der Waals surface area contributed by atoms with E-state index in [2.05, 4.69) is 54.6 Å².